The number of rotatable bonds is 8. The van der Waals surface area contributed by atoms with E-state index in [4.69, 9.17) is 14.2 Å². The zero-order valence-electron chi connectivity index (χ0n) is 15.5. The largest absolute Gasteiger partial charge is 0.496 e. The lowest BCUT2D eigenvalue weighted by atomic mass is 10.3. The molecule has 3 rings (SSSR count). The fraction of sp³-hybridized carbons (Fsp3) is 0.0952. The molecule has 1 amide bonds. The molecule has 0 heterocycles. The van der Waals surface area contributed by atoms with Gasteiger partial charge in [0.15, 0.2) is 12.4 Å². The van der Waals surface area contributed by atoms with Gasteiger partial charge < -0.3 is 19.5 Å². The zero-order valence-corrected chi connectivity index (χ0v) is 15.5. The maximum absolute atomic E-state index is 12.1. The molecule has 0 aromatic heterocycles. The van der Waals surface area contributed by atoms with E-state index in [-0.39, 0.29) is 18.0 Å². The number of ether oxygens (including phenoxy) is 3. The maximum Gasteiger partial charge on any atom is 0.314 e. The van der Waals surface area contributed by atoms with Gasteiger partial charge in [0.05, 0.1) is 18.1 Å². The Hall–Kier alpha value is -4.07. The van der Waals surface area contributed by atoms with E-state index in [9.17, 15) is 14.9 Å². The van der Waals surface area contributed by atoms with Gasteiger partial charge in [-0.3, -0.25) is 14.9 Å². The fourth-order valence-electron chi connectivity index (χ4n) is 2.46. The summed E-state index contributed by atoms with van der Waals surface area (Å²) in [5, 5.41) is 13.8. The van der Waals surface area contributed by atoms with Crippen molar-refractivity contribution in [3.63, 3.8) is 0 Å². The van der Waals surface area contributed by atoms with Gasteiger partial charge in [-0.25, -0.2) is 0 Å². The third-order valence-corrected chi connectivity index (χ3v) is 3.84. The normalized spacial score (nSPS) is 10.1. The van der Waals surface area contributed by atoms with Crippen LogP contribution >= 0.6 is 0 Å². The number of methoxy groups -OCH3 is 1. The van der Waals surface area contributed by atoms with Crippen molar-refractivity contribution < 1.29 is 23.9 Å². The fourth-order valence-corrected chi connectivity index (χ4v) is 2.46. The van der Waals surface area contributed by atoms with Crippen molar-refractivity contribution in [2.75, 3.05) is 19.0 Å². The molecule has 0 unspecified atom stereocenters. The van der Waals surface area contributed by atoms with Gasteiger partial charge >= 0.3 is 5.69 Å². The molecule has 1 N–H and O–H groups in total. The molecule has 148 valence electrons. The summed E-state index contributed by atoms with van der Waals surface area (Å²) in [6.07, 6.45) is 0. The Bertz CT molecular complexity index is 990. The second-order valence-electron chi connectivity index (χ2n) is 5.87. The summed E-state index contributed by atoms with van der Waals surface area (Å²) in [5.41, 5.74) is 0.266. The number of hydrogen-bond donors (Lipinski definition) is 1. The van der Waals surface area contributed by atoms with Gasteiger partial charge in [-0.15, -0.1) is 0 Å². The zero-order chi connectivity index (χ0) is 20.6. The highest BCUT2D eigenvalue weighted by Gasteiger charge is 2.17. The Kier molecular flexibility index (Phi) is 6.26. The molecule has 29 heavy (non-hydrogen) atoms. The lowest BCUT2D eigenvalue weighted by molar-refractivity contribution is -0.385. The number of nitrogens with zero attached hydrogens (tertiary/aromatic N) is 1. The molecule has 0 radical (unpaired) electrons. The number of anilines is 1. The average Bonchev–Trinajstić information content (AvgIpc) is 2.74. The standard InChI is InChI=1S/C21H18N2O6/c1-27-18-11-12-20(19(13-18)23(25)26)28-14-21(24)22-15-7-9-17(10-8-15)29-16-5-3-2-4-6-16/h2-13H,14H2,1H3,(H,22,24). The van der Waals surface area contributed by atoms with Crippen LogP contribution in [0.15, 0.2) is 72.8 Å². The molecule has 0 spiro atoms. The van der Waals surface area contributed by atoms with Gasteiger partial charge in [0.2, 0.25) is 0 Å². The van der Waals surface area contributed by atoms with Crippen LogP contribution in [-0.2, 0) is 4.79 Å². The van der Waals surface area contributed by atoms with E-state index in [1.54, 1.807) is 24.3 Å². The van der Waals surface area contributed by atoms with Crippen LogP contribution in [0.3, 0.4) is 0 Å². The predicted molar refractivity (Wildman–Crippen MR) is 107 cm³/mol. The Morgan fingerprint density at radius 1 is 0.966 bits per heavy atom. The Balaban J connectivity index is 1.56. The van der Waals surface area contributed by atoms with Crippen molar-refractivity contribution in [3.05, 3.63) is 82.9 Å². The first-order valence-corrected chi connectivity index (χ1v) is 8.63. The number of nitrogens with one attached hydrogen (secondary N) is 1. The second-order valence-corrected chi connectivity index (χ2v) is 5.87. The number of nitro groups is 1. The van der Waals surface area contributed by atoms with Gasteiger partial charge in [-0.05, 0) is 48.5 Å². The summed E-state index contributed by atoms with van der Waals surface area (Å²) >= 11 is 0. The van der Waals surface area contributed by atoms with Crippen LogP contribution in [-0.4, -0.2) is 24.5 Å². The number of carbonyl (C=O) groups excluding carboxylic acids is 1. The molecule has 8 heteroatoms. The predicted octanol–water partition coefficient (Wildman–Crippen LogP) is 4.41. The van der Waals surface area contributed by atoms with Crippen molar-refractivity contribution >= 4 is 17.3 Å². The van der Waals surface area contributed by atoms with E-state index in [2.05, 4.69) is 5.32 Å². The number of nitro benzene ring substituents is 1. The highest BCUT2D eigenvalue weighted by molar-refractivity contribution is 5.92. The van der Waals surface area contributed by atoms with Crippen LogP contribution < -0.4 is 19.5 Å². The summed E-state index contributed by atoms with van der Waals surface area (Å²) < 4.78 is 15.9. The number of carbonyl (C=O) groups is 1. The highest BCUT2D eigenvalue weighted by Crippen LogP contribution is 2.31. The van der Waals surface area contributed by atoms with Gasteiger partial charge in [0.25, 0.3) is 5.91 Å². The number of amides is 1. The van der Waals surface area contributed by atoms with Crippen molar-refractivity contribution in [3.8, 4) is 23.0 Å². The number of para-hydroxylation sites is 1. The molecule has 0 aliphatic carbocycles. The molecule has 0 saturated carbocycles. The summed E-state index contributed by atoms with van der Waals surface area (Å²) in [4.78, 5) is 22.7. The van der Waals surface area contributed by atoms with Crippen LogP contribution in [0.2, 0.25) is 0 Å². The van der Waals surface area contributed by atoms with Gasteiger partial charge in [-0.2, -0.15) is 0 Å². The van der Waals surface area contributed by atoms with E-state index in [0.29, 0.717) is 22.9 Å². The summed E-state index contributed by atoms with van der Waals surface area (Å²) in [6.45, 7) is -0.380. The summed E-state index contributed by atoms with van der Waals surface area (Å²) in [5.74, 6) is 1.19. The van der Waals surface area contributed by atoms with Crippen LogP contribution in [0.5, 0.6) is 23.0 Å². The molecule has 0 saturated heterocycles. The molecule has 8 nitrogen and oxygen atoms in total. The van der Waals surface area contributed by atoms with Crippen molar-refractivity contribution in [1.82, 2.24) is 0 Å². The number of benzene rings is 3. The van der Waals surface area contributed by atoms with Gasteiger partial charge in [-0.1, -0.05) is 18.2 Å². The quantitative estimate of drug-likeness (QED) is 0.449. The first kappa shape index (κ1) is 19.7. The van der Waals surface area contributed by atoms with E-state index in [1.165, 1.54) is 25.3 Å². The van der Waals surface area contributed by atoms with Crippen LogP contribution in [0.25, 0.3) is 0 Å². The van der Waals surface area contributed by atoms with Crippen molar-refractivity contribution in [2.24, 2.45) is 0 Å². The third kappa shape index (κ3) is 5.46. The lowest BCUT2D eigenvalue weighted by Gasteiger charge is -2.10. The molecular formula is C21H18N2O6. The summed E-state index contributed by atoms with van der Waals surface area (Å²) in [6, 6.07) is 20.3. The molecule has 0 fully saturated rings. The molecule has 0 aliphatic rings. The van der Waals surface area contributed by atoms with Crippen LogP contribution in [0, 0.1) is 10.1 Å². The maximum atomic E-state index is 12.1. The minimum Gasteiger partial charge on any atom is -0.496 e. The van der Waals surface area contributed by atoms with Gasteiger partial charge in [0, 0.05) is 5.69 Å². The van der Waals surface area contributed by atoms with E-state index in [1.807, 2.05) is 30.3 Å². The first-order chi connectivity index (χ1) is 14.0. The second kappa shape index (κ2) is 9.23. The minimum absolute atomic E-state index is 0.0161. The minimum atomic E-state index is -0.596. The number of hydrogen-bond acceptors (Lipinski definition) is 6. The van der Waals surface area contributed by atoms with Crippen LogP contribution in [0.1, 0.15) is 0 Å². The SMILES string of the molecule is COc1ccc(OCC(=O)Nc2ccc(Oc3ccccc3)cc2)c([N+](=O)[O-])c1. The van der Waals surface area contributed by atoms with Crippen LogP contribution in [0.4, 0.5) is 11.4 Å². The summed E-state index contributed by atoms with van der Waals surface area (Å²) in [7, 11) is 1.41. The molecule has 0 atom stereocenters. The van der Waals surface area contributed by atoms with E-state index >= 15 is 0 Å². The Morgan fingerprint density at radius 2 is 1.62 bits per heavy atom. The monoisotopic (exact) mass is 394 g/mol. The van der Waals surface area contributed by atoms with E-state index < -0.39 is 10.8 Å². The Labute approximate surface area is 166 Å². The Morgan fingerprint density at radius 3 is 2.28 bits per heavy atom. The molecule has 0 bridgehead atoms. The topological polar surface area (TPSA) is 99.9 Å². The lowest BCUT2D eigenvalue weighted by Crippen LogP contribution is -2.20. The molecule has 3 aromatic carbocycles. The van der Waals surface area contributed by atoms with Gasteiger partial charge in [0.1, 0.15) is 17.2 Å². The average molecular weight is 394 g/mol. The third-order valence-electron chi connectivity index (χ3n) is 3.84. The molecular weight excluding hydrogens is 376 g/mol. The molecule has 0 aliphatic heterocycles. The van der Waals surface area contributed by atoms with Crippen molar-refractivity contribution in [1.29, 1.82) is 0 Å². The van der Waals surface area contributed by atoms with Crippen molar-refractivity contribution in [2.45, 2.75) is 0 Å². The van der Waals surface area contributed by atoms with E-state index in [0.717, 1.165) is 0 Å². The highest BCUT2D eigenvalue weighted by atomic mass is 16.6. The first-order valence-electron chi connectivity index (χ1n) is 8.63. The molecule has 3 aromatic rings. The smallest absolute Gasteiger partial charge is 0.314 e.